The van der Waals surface area contributed by atoms with Crippen molar-refractivity contribution in [2.45, 2.75) is 33.4 Å². The zero-order valence-corrected chi connectivity index (χ0v) is 18.7. The van der Waals surface area contributed by atoms with Gasteiger partial charge < -0.3 is 19.4 Å². The van der Waals surface area contributed by atoms with Crippen molar-refractivity contribution < 1.29 is 13.9 Å². The van der Waals surface area contributed by atoms with Crippen LogP contribution < -0.4 is 14.8 Å². The molecule has 0 fully saturated rings. The maximum Gasteiger partial charge on any atom is 0.225 e. The van der Waals surface area contributed by atoms with Crippen LogP contribution in [0.5, 0.6) is 11.6 Å². The van der Waals surface area contributed by atoms with E-state index >= 15 is 0 Å². The Morgan fingerprint density at radius 3 is 2.84 bits per heavy atom. The molecule has 3 aromatic heterocycles. The van der Waals surface area contributed by atoms with E-state index in [1.807, 2.05) is 42.9 Å². The molecule has 0 amide bonds. The van der Waals surface area contributed by atoms with Gasteiger partial charge in [0.2, 0.25) is 5.88 Å². The topological polar surface area (TPSA) is 74.1 Å². The Kier molecular flexibility index (Phi) is 6.03. The Morgan fingerprint density at radius 1 is 1.23 bits per heavy atom. The summed E-state index contributed by atoms with van der Waals surface area (Å²) < 4.78 is 27.5. The Bertz CT molecular complexity index is 1200. The van der Waals surface area contributed by atoms with E-state index in [2.05, 4.69) is 20.3 Å². The van der Waals surface area contributed by atoms with Crippen molar-refractivity contribution >= 4 is 28.1 Å². The van der Waals surface area contributed by atoms with Gasteiger partial charge in [-0.1, -0.05) is 0 Å². The molecule has 0 aliphatic heterocycles. The van der Waals surface area contributed by atoms with Gasteiger partial charge in [-0.25, -0.2) is 19.3 Å². The van der Waals surface area contributed by atoms with Crippen LogP contribution in [0, 0.1) is 12.7 Å². The number of nitrogens with zero attached hydrogens (tertiary/aromatic N) is 4. The first-order valence-corrected chi connectivity index (χ1v) is 10.8. The molecule has 0 saturated heterocycles. The fraction of sp³-hybridized carbons (Fsp3) is 0.318. The number of fused-ring (bicyclic) bond motifs is 1. The molecule has 0 bridgehead atoms. The Morgan fingerprint density at radius 2 is 2.06 bits per heavy atom. The first kappa shape index (κ1) is 21.0. The van der Waals surface area contributed by atoms with Crippen molar-refractivity contribution in [1.82, 2.24) is 19.5 Å². The van der Waals surface area contributed by atoms with Crippen molar-refractivity contribution in [2.75, 3.05) is 19.0 Å². The van der Waals surface area contributed by atoms with E-state index in [1.54, 1.807) is 13.2 Å². The number of rotatable bonds is 8. The van der Waals surface area contributed by atoms with E-state index in [4.69, 9.17) is 9.47 Å². The number of aryl methyl sites for hydroxylation is 1. The zero-order chi connectivity index (χ0) is 22.0. The van der Waals surface area contributed by atoms with Crippen LogP contribution in [0.25, 0.3) is 21.6 Å². The maximum absolute atomic E-state index is 14.5. The van der Waals surface area contributed by atoms with Crippen molar-refractivity contribution in [3.05, 3.63) is 47.5 Å². The van der Waals surface area contributed by atoms with Crippen LogP contribution in [0.15, 0.2) is 36.0 Å². The summed E-state index contributed by atoms with van der Waals surface area (Å²) in [5.74, 6) is 1.67. The monoisotopic (exact) mass is 441 g/mol. The molecule has 0 aliphatic rings. The van der Waals surface area contributed by atoms with Gasteiger partial charge in [0.1, 0.15) is 34.4 Å². The lowest BCUT2D eigenvalue weighted by molar-refractivity contribution is 0.234. The fourth-order valence-corrected chi connectivity index (χ4v) is 4.14. The molecule has 0 spiro atoms. The molecular formula is C22H24FN5O2S. The maximum atomic E-state index is 14.5. The second kappa shape index (κ2) is 8.89. The number of halogens is 1. The number of hydrogen-bond donors (Lipinski definition) is 1. The molecule has 0 saturated carbocycles. The number of hydrogen-bond acceptors (Lipinski definition) is 7. The summed E-state index contributed by atoms with van der Waals surface area (Å²) in [6.45, 7) is 7.02. The summed E-state index contributed by atoms with van der Waals surface area (Å²) in [7, 11) is 1.59. The highest BCUT2D eigenvalue weighted by molar-refractivity contribution is 7.13. The molecule has 0 radical (unpaired) electrons. The summed E-state index contributed by atoms with van der Waals surface area (Å²) in [6, 6.07) is 6.88. The summed E-state index contributed by atoms with van der Waals surface area (Å²) >= 11 is 1.47. The van der Waals surface area contributed by atoms with Crippen molar-refractivity contribution in [2.24, 2.45) is 0 Å². The van der Waals surface area contributed by atoms with Gasteiger partial charge in [0.05, 0.1) is 24.1 Å². The molecule has 4 rings (SSSR count). The van der Waals surface area contributed by atoms with E-state index in [0.717, 1.165) is 21.8 Å². The van der Waals surface area contributed by atoms with Gasteiger partial charge in [-0.3, -0.25) is 0 Å². The number of methoxy groups -OCH3 is 1. The number of nitrogens with one attached hydrogen (secondary N) is 1. The molecular weight excluding hydrogens is 417 g/mol. The summed E-state index contributed by atoms with van der Waals surface area (Å²) in [5.41, 5.74) is 2.23. The van der Waals surface area contributed by atoms with Crippen LogP contribution in [0.2, 0.25) is 0 Å². The van der Waals surface area contributed by atoms with Crippen molar-refractivity contribution in [1.29, 1.82) is 0 Å². The highest BCUT2D eigenvalue weighted by Gasteiger charge is 2.14. The fourth-order valence-electron chi connectivity index (χ4n) is 3.45. The number of anilines is 1. The normalized spacial score (nSPS) is 11.3. The minimum Gasteiger partial charge on any atom is -0.496 e. The predicted molar refractivity (Wildman–Crippen MR) is 121 cm³/mol. The van der Waals surface area contributed by atoms with Crippen LogP contribution in [0.3, 0.4) is 0 Å². The lowest BCUT2D eigenvalue weighted by Crippen LogP contribution is -2.13. The summed E-state index contributed by atoms with van der Waals surface area (Å²) in [5, 5.41) is 6.70. The lowest BCUT2D eigenvalue weighted by atomic mass is 10.2. The molecule has 7 nitrogen and oxygen atoms in total. The van der Waals surface area contributed by atoms with Gasteiger partial charge >= 0.3 is 0 Å². The Hall–Kier alpha value is -3.20. The van der Waals surface area contributed by atoms with Crippen molar-refractivity contribution in [3.8, 4) is 22.3 Å². The largest absolute Gasteiger partial charge is 0.496 e. The molecule has 1 N–H and O–H groups in total. The van der Waals surface area contributed by atoms with Crippen LogP contribution in [-0.2, 0) is 6.54 Å². The van der Waals surface area contributed by atoms with Gasteiger partial charge in [0.15, 0.2) is 0 Å². The van der Waals surface area contributed by atoms with E-state index in [-0.39, 0.29) is 11.9 Å². The lowest BCUT2D eigenvalue weighted by Gasteiger charge is -2.11. The highest BCUT2D eigenvalue weighted by atomic mass is 32.1. The molecule has 4 aromatic rings. The van der Waals surface area contributed by atoms with Gasteiger partial charge in [0.25, 0.3) is 0 Å². The summed E-state index contributed by atoms with van der Waals surface area (Å²) in [6.07, 6.45) is 1.57. The van der Waals surface area contributed by atoms with Crippen LogP contribution >= 0.6 is 11.3 Å². The van der Waals surface area contributed by atoms with Crippen LogP contribution in [-0.4, -0.2) is 39.3 Å². The van der Waals surface area contributed by atoms with E-state index in [1.165, 1.54) is 23.7 Å². The first-order chi connectivity index (χ1) is 15.0. The number of thiazole rings is 1. The predicted octanol–water partition coefficient (Wildman–Crippen LogP) is 4.91. The summed E-state index contributed by atoms with van der Waals surface area (Å²) in [4.78, 5) is 13.1. The highest BCUT2D eigenvalue weighted by Crippen LogP contribution is 2.31. The third kappa shape index (κ3) is 4.46. The quantitative estimate of drug-likeness (QED) is 0.419. The molecule has 0 aliphatic carbocycles. The van der Waals surface area contributed by atoms with Crippen LogP contribution in [0.1, 0.15) is 19.5 Å². The van der Waals surface area contributed by atoms with Crippen molar-refractivity contribution in [3.63, 3.8) is 0 Å². The average Bonchev–Trinajstić information content (AvgIpc) is 3.33. The molecule has 31 heavy (non-hydrogen) atoms. The van der Waals surface area contributed by atoms with Gasteiger partial charge in [-0.2, -0.15) is 0 Å². The third-order valence-corrected chi connectivity index (χ3v) is 5.61. The minimum absolute atomic E-state index is 0.0654. The number of benzene rings is 1. The average molecular weight is 442 g/mol. The minimum atomic E-state index is -0.267. The smallest absolute Gasteiger partial charge is 0.225 e. The van der Waals surface area contributed by atoms with Crippen LogP contribution in [0.4, 0.5) is 10.2 Å². The zero-order valence-electron chi connectivity index (χ0n) is 17.8. The SMILES string of the molecule is COc1ccc(F)c2c1cc(C)n2CCNc1cc(-c2nc(OC(C)C)cs2)ncn1. The Balaban J connectivity index is 1.48. The molecule has 0 unspecified atom stereocenters. The number of ether oxygens (including phenoxy) is 2. The Labute approximate surface area is 183 Å². The molecule has 3 heterocycles. The molecule has 9 heteroatoms. The van der Waals surface area contributed by atoms with Gasteiger partial charge in [0, 0.05) is 30.2 Å². The first-order valence-electron chi connectivity index (χ1n) is 9.97. The standard InChI is InChI=1S/C22H24FN5O2S/c1-13(2)30-20-11-31-22(27-20)17-10-19(26-12-25-17)24-7-8-28-14(3)9-15-18(29-4)6-5-16(23)21(15)28/h5-6,9-13H,7-8H2,1-4H3,(H,24,25,26). The second-order valence-corrected chi connectivity index (χ2v) is 8.18. The van der Waals surface area contributed by atoms with E-state index in [9.17, 15) is 4.39 Å². The molecule has 0 atom stereocenters. The van der Waals surface area contributed by atoms with E-state index < -0.39 is 0 Å². The second-order valence-electron chi connectivity index (χ2n) is 7.32. The van der Waals surface area contributed by atoms with Gasteiger partial charge in [-0.05, 0) is 39.0 Å². The molecule has 1 aromatic carbocycles. The molecule has 162 valence electrons. The third-order valence-electron chi connectivity index (χ3n) is 4.76. The van der Waals surface area contributed by atoms with Gasteiger partial charge in [-0.15, -0.1) is 11.3 Å². The number of aromatic nitrogens is 4. The van der Waals surface area contributed by atoms with E-state index in [0.29, 0.717) is 36.1 Å².